The number of benzene rings is 4. The maximum Gasteiger partial charge on any atom is 0.227 e. The summed E-state index contributed by atoms with van der Waals surface area (Å²) >= 11 is 0. The summed E-state index contributed by atoms with van der Waals surface area (Å²) in [5, 5.41) is 1.77. The van der Waals surface area contributed by atoms with E-state index in [0.29, 0.717) is 17.0 Å². The van der Waals surface area contributed by atoms with Crippen LogP contribution in [0.1, 0.15) is 55.5 Å². The number of imidazole rings is 1. The van der Waals surface area contributed by atoms with Gasteiger partial charge in [0.2, 0.25) is 5.71 Å². The van der Waals surface area contributed by atoms with Gasteiger partial charge in [-0.2, -0.15) is 0 Å². The molecule has 0 N–H and O–H groups in total. The van der Waals surface area contributed by atoms with Crippen LogP contribution in [0.3, 0.4) is 0 Å². The van der Waals surface area contributed by atoms with E-state index in [1.807, 2.05) is 69.3 Å². The van der Waals surface area contributed by atoms with Crippen molar-refractivity contribution >= 4 is 33.1 Å². The maximum atomic E-state index is 8.78. The molecule has 0 bridgehead atoms. The van der Waals surface area contributed by atoms with Gasteiger partial charge in [0.1, 0.15) is 11.4 Å². The second kappa shape index (κ2) is 9.95. The molecule has 0 saturated carbocycles. The number of pyridine rings is 1. The topological polar surface area (TPSA) is 43.9 Å². The molecule has 0 amide bonds. The number of furan rings is 1. The summed E-state index contributed by atoms with van der Waals surface area (Å²) in [7, 11) is 0. The quantitative estimate of drug-likeness (QED) is 0.213. The van der Waals surface area contributed by atoms with Crippen molar-refractivity contribution in [1.82, 2.24) is 14.5 Å². The van der Waals surface area contributed by atoms with Gasteiger partial charge in [0.05, 0.1) is 22.3 Å². The van der Waals surface area contributed by atoms with Crippen molar-refractivity contribution < 1.29 is 7.16 Å². The fourth-order valence-corrected chi connectivity index (χ4v) is 5.81. The molecule has 3 aromatic heterocycles. The fraction of sp³-hybridized carbons (Fsp3) is 0.231. The van der Waals surface area contributed by atoms with Gasteiger partial charge >= 0.3 is 0 Å². The average molecular weight is 566 g/mol. The van der Waals surface area contributed by atoms with Crippen molar-refractivity contribution in [2.75, 3.05) is 0 Å². The Kier molecular flexibility index (Phi) is 5.75. The Hall–Kier alpha value is -4.70. The molecule has 0 fully saturated rings. The first-order valence-corrected chi connectivity index (χ1v) is 14.9. The minimum atomic E-state index is -1.63. The molecule has 4 heteroatoms. The van der Waals surface area contributed by atoms with E-state index in [0.717, 1.165) is 50.0 Å². The molecule has 7 aromatic rings. The highest BCUT2D eigenvalue weighted by atomic mass is 16.3. The zero-order valence-electron chi connectivity index (χ0n) is 27.6. The molecule has 0 unspecified atom stereocenters. The van der Waals surface area contributed by atoms with Gasteiger partial charge in [-0.15, -0.1) is 0 Å². The summed E-state index contributed by atoms with van der Waals surface area (Å²) in [5.41, 5.74) is 8.10. The van der Waals surface area contributed by atoms with Crippen molar-refractivity contribution in [3.05, 3.63) is 114 Å². The minimum Gasteiger partial charge on any atom is -0.437 e. The molecular weight excluding hydrogens is 526 g/mol. The van der Waals surface area contributed by atoms with E-state index in [9.17, 15) is 0 Å². The van der Waals surface area contributed by atoms with Gasteiger partial charge in [0.25, 0.3) is 0 Å². The Morgan fingerprint density at radius 2 is 1.49 bits per heavy atom. The second-order valence-corrected chi connectivity index (χ2v) is 13.3. The maximum absolute atomic E-state index is 8.78. The third-order valence-corrected chi connectivity index (χ3v) is 7.86. The first-order valence-electron chi connectivity index (χ1n) is 15.9. The van der Waals surface area contributed by atoms with Gasteiger partial charge in [0.15, 0.2) is 0 Å². The van der Waals surface area contributed by atoms with Crippen LogP contribution in [-0.4, -0.2) is 14.5 Å². The molecule has 7 rings (SSSR count). The van der Waals surface area contributed by atoms with E-state index in [4.69, 9.17) is 17.1 Å². The predicted octanol–water partition coefficient (Wildman–Crippen LogP) is 10.5. The monoisotopic (exact) mass is 565 g/mol. The number of rotatable bonds is 4. The summed E-state index contributed by atoms with van der Waals surface area (Å²) in [5.74, 6) is 0.770. The van der Waals surface area contributed by atoms with Gasteiger partial charge < -0.3 is 4.42 Å². The van der Waals surface area contributed by atoms with Gasteiger partial charge in [0, 0.05) is 24.8 Å². The molecule has 43 heavy (non-hydrogen) atoms. The van der Waals surface area contributed by atoms with Crippen LogP contribution in [0.5, 0.6) is 0 Å². The summed E-state index contributed by atoms with van der Waals surface area (Å²) in [6.07, 6.45) is -1.63. The molecule has 4 nitrogen and oxygen atoms in total. The smallest absolute Gasteiger partial charge is 0.227 e. The standard InChI is InChI=1S/C39H37N3O/c1-38(2,3)24-27-20-21-29-28-15-12-16-30(35(28)43-37(29)40-27)36-41-32-17-10-11-18-34(32)42(36)33-22-19-26(39(4,5)6)23-31(33)25-13-8-7-9-14-25/h7-23H,24H2,1-6H3/i24D2. The van der Waals surface area contributed by atoms with Crippen molar-refractivity contribution in [2.24, 2.45) is 5.41 Å². The summed E-state index contributed by atoms with van der Waals surface area (Å²) in [6, 6.07) is 35.3. The molecule has 0 aliphatic heterocycles. The highest BCUT2D eigenvalue weighted by molar-refractivity contribution is 6.08. The number of hydrogen-bond donors (Lipinski definition) is 0. The Balaban J connectivity index is 1.51. The molecule has 0 aliphatic rings. The normalized spacial score (nSPS) is 13.5. The lowest BCUT2D eigenvalue weighted by Gasteiger charge is -2.23. The average Bonchev–Trinajstić information content (AvgIpc) is 3.58. The van der Waals surface area contributed by atoms with Crippen LogP contribution in [0, 0.1) is 5.41 Å². The van der Waals surface area contributed by atoms with Gasteiger partial charge in [-0.1, -0.05) is 102 Å². The van der Waals surface area contributed by atoms with Gasteiger partial charge in [-0.05, 0) is 70.8 Å². The highest BCUT2D eigenvalue weighted by Gasteiger charge is 2.24. The first-order chi connectivity index (χ1) is 21.3. The summed E-state index contributed by atoms with van der Waals surface area (Å²) in [4.78, 5) is 9.92. The molecule has 214 valence electrons. The third kappa shape index (κ3) is 4.91. The lowest BCUT2D eigenvalue weighted by atomic mass is 9.85. The largest absolute Gasteiger partial charge is 0.437 e. The Labute approximate surface area is 255 Å². The molecular formula is C39H37N3O. The molecule has 0 radical (unpaired) electrons. The number of fused-ring (bicyclic) bond motifs is 4. The Morgan fingerprint density at radius 3 is 2.26 bits per heavy atom. The van der Waals surface area contributed by atoms with Gasteiger partial charge in [-0.25, -0.2) is 9.97 Å². The molecule has 0 spiro atoms. The number of nitrogens with zero attached hydrogens (tertiary/aromatic N) is 3. The van der Waals surface area contributed by atoms with Crippen LogP contribution in [0.4, 0.5) is 0 Å². The van der Waals surface area contributed by atoms with Crippen LogP contribution >= 0.6 is 0 Å². The van der Waals surface area contributed by atoms with Crippen LogP contribution < -0.4 is 0 Å². The van der Waals surface area contributed by atoms with Gasteiger partial charge in [-0.3, -0.25) is 4.57 Å². The number of hydrogen-bond acceptors (Lipinski definition) is 3. The van der Waals surface area contributed by atoms with E-state index < -0.39 is 11.8 Å². The van der Waals surface area contributed by atoms with E-state index in [1.165, 1.54) is 5.56 Å². The molecule has 3 heterocycles. The Morgan fingerprint density at radius 1 is 0.721 bits per heavy atom. The summed E-state index contributed by atoms with van der Waals surface area (Å²) < 4.78 is 26.3. The molecule has 4 aromatic carbocycles. The number of para-hydroxylation sites is 3. The van der Waals surface area contributed by atoms with Crippen LogP contribution in [0.25, 0.3) is 61.3 Å². The first kappa shape index (κ1) is 24.9. The predicted molar refractivity (Wildman–Crippen MR) is 179 cm³/mol. The zero-order chi connectivity index (χ0) is 31.7. The van der Waals surface area contributed by atoms with E-state index in [2.05, 4.69) is 73.9 Å². The van der Waals surface area contributed by atoms with E-state index in [1.54, 1.807) is 6.07 Å². The third-order valence-electron chi connectivity index (χ3n) is 7.86. The second-order valence-electron chi connectivity index (χ2n) is 13.3. The van der Waals surface area contributed by atoms with E-state index >= 15 is 0 Å². The van der Waals surface area contributed by atoms with Crippen molar-refractivity contribution in [3.63, 3.8) is 0 Å². The SMILES string of the molecule is [2H]C([2H])(c1ccc2c(n1)oc1c(-c3nc4ccccc4n3-c3ccc(C(C)(C)C)cc3-c3ccccc3)cccc12)C(C)(C)C. The molecule has 0 aliphatic carbocycles. The van der Waals surface area contributed by atoms with Crippen LogP contribution in [0.2, 0.25) is 0 Å². The van der Waals surface area contributed by atoms with Crippen molar-refractivity contribution in [2.45, 2.75) is 53.3 Å². The van der Waals surface area contributed by atoms with Crippen molar-refractivity contribution in [3.8, 4) is 28.2 Å². The summed E-state index contributed by atoms with van der Waals surface area (Å²) in [6.45, 7) is 12.4. The lowest BCUT2D eigenvalue weighted by Crippen LogP contribution is -2.12. The van der Waals surface area contributed by atoms with Crippen LogP contribution in [-0.2, 0) is 11.8 Å². The van der Waals surface area contributed by atoms with Crippen molar-refractivity contribution in [1.29, 1.82) is 0 Å². The minimum absolute atomic E-state index is 0.0176. The highest BCUT2D eigenvalue weighted by Crippen LogP contribution is 2.40. The Bertz CT molecular complexity index is 2210. The molecule has 0 saturated heterocycles. The fourth-order valence-electron chi connectivity index (χ4n) is 5.81. The lowest BCUT2D eigenvalue weighted by molar-refractivity contribution is 0.406. The molecule has 0 atom stereocenters. The van der Waals surface area contributed by atoms with E-state index in [-0.39, 0.29) is 5.41 Å². The number of aromatic nitrogens is 3. The zero-order valence-corrected chi connectivity index (χ0v) is 25.6. The van der Waals surface area contributed by atoms with Crippen LogP contribution in [0.15, 0.2) is 108 Å².